The number of aromatic nitrogens is 1. The molecule has 2 atom stereocenters. The Hall–Kier alpha value is -1.38. The molecule has 0 radical (unpaired) electrons. The molecule has 0 fully saturated rings. The van der Waals surface area contributed by atoms with Gasteiger partial charge in [0.2, 0.25) is 0 Å². The summed E-state index contributed by atoms with van der Waals surface area (Å²) in [5, 5.41) is 0.721. The predicted molar refractivity (Wildman–Crippen MR) is 82.9 cm³/mol. The smallest absolute Gasteiger partial charge is 0.0621 e. The van der Waals surface area contributed by atoms with E-state index in [9.17, 15) is 0 Å². The Labute approximate surface area is 125 Å². The van der Waals surface area contributed by atoms with Crippen LogP contribution in [0.1, 0.15) is 23.1 Å². The van der Waals surface area contributed by atoms with Crippen LogP contribution in [0.25, 0.3) is 0 Å². The number of hydrogen-bond donors (Lipinski definition) is 1. The van der Waals surface area contributed by atoms with Crippen LogP contribution in [0.3, 0.4) is 0 Å². The maximum atomic E-state index is 6.43. The lowest BCUT2D eigenvalue weighted by Gasteiger charge is -2.29. The number of fused-ring (bicyclic) bond motifs is 1. The van der Waals surface area contributed by atoms with E-state index in [2.05, 4.69) is 29.2 Å². The second-order valence-electron chi connectivity index (χ2n) is 5.61. The molecule has 0 saturated carbocycles. The van der Waals surface area contributed by atoms with E-state index >= 15 is 0 Å². The quantitative estimate of drug-likeness (QED) is 0.939. The first kappa shape index (κ1) is 13.6. The summed E-state index contributed by atoms with van der Waals surface area (Å²) in [6.45, 7) is 0. The Balaban J connectivity index is 1.70. The van der Waals surface area contributed by atoms with Gasteiger partial charge in [-0.25, -0.2) is 0 Å². The minimum Gasteiger partial charge on any atom is -0.327 e. The summed E-state index contributed by atoms with van der Waals surface area (Å²) < 4.78 is 0. The highest BCUT2D eigenvalue weighted by Gasteiger charge is 2.24. The Kier molecular flexibility index (Phi) is 4.04. The fourth-order valence-corrected chi connectivity index (χ4v) is 3.28. The summed E-state index contributed by atoms with van der Waals surface area (Å²) in [5.41, 5.74) is 10.5. The van der Waals surface area contributed by atoms with Crippen molar-refractivity contribution in [1.29, 1.82) is 0 Å². The number of pyridine rings is 1. The number of nitrogens with two attached hydrogens (primary N) is 1. The van der Waals surface area contributed by atoms with E-state index in [4.69, 9.17) is 17.3 Å². The van der Waals surface area contributed by atoms with E-state index in [-0.39, 0.29) is 6.04 Å². The molecule has 0 bridgehead atoms. The highest BCUT2D eigenvalue weighted by atomic mass is 35.5. The molecule has 2 N–H and O–H groups in total. The number of hydrogen-bond acceptors (Lipinski definition) is 2. The molecule has 1 aromatic heterocycles. The van der Waals surface area contributed by atoms with Crippen LogP contribution >= 0.6 is 11.6 Å². The molecule has 1 aromatic carbocycles. The molecular formula is C17H19ClN2. The second kappa shape index (κ2) is 5.94. The Morgan fingerprint density at radius 1 is 1.25 bits per heavy atom. The van der Waals surface area contributed by atoms with E-state index in [0.29, 0.717) is 5.92 Å². The number of benzene rings is 1. The average Bonchev–Trinajstić information content (AvgIpc) is 2.49. The molecule has 20 heavy (non-hydrogen) atoms. The van der Waals surface area contributed by atoms with Gasteiger partial charge in [0.25, 0.3) is 0 Å². The van der Waals surface area contributed by atoms with Gasteiger partial charge in [0.1, 0.15) is 0 Å². The molecular weight excluding hydrogens is 268 g/mol. The van der Waals surface area contributed by atoms with Gasteiger partial charge in [-0.15, -0.1) is 0 Å². The van der Waals surface area contributed by atoms with Gasteiger partial charge in [0.15, 0.2) is 0 Å². The Morgan fingerprint density at radius 3 is 2.85 bits per heavy atom. The maximum Gasteiger partial charge on any atom is 0.0621 e. The standard InChI is InChI=1S/C17H19ClN2/c18-16-11-20-8-7-14(16)10-17(19)15-6-5-12-3-1-2-4-13(12)9-15/h1-4,7-8,11,15,17H,5-6,9-10,19H2. The summed E-state index contributed by atoms with van der Waals surface area (Å²) in [6, 6.07) is 10.8. The van der Waals surface area contributed by atoms with Gasteiger partial charge in [-0.3, -0.25) is 4.98 Å². The van der Waals surface area contributed by atoms with Crippen LogP contribution in [0.4, 0.5) is 0 Å². The molecule has 0 aliphatic heterocycles. The summed E-state index contributed by atoms with van der Waals surface area (Å²) in [4.78, 5) is 4.02. The van der Waals surface area contributed by atoms with Crippen molar-refractivity contribution in [2.24, 2.45) is 11.7 Å². The summed E-state index contributed by atoms with van der Waals surface area (Å²) >= 11 is 6.17. The van der Waals surface area contributed by atoms with Gasteiger partial charge in [-0.2, -0.15) is 0 Å². The fourth-order valence-electron chi connectivity index (χ4n) is 3.08. The van der Waals surface area contributed by atoms with Crippen LogP contribution in [0.2, 0.25) is 5.02 Å². The zero-order chi connectivity index (χ0) is 13.9. The molecule has 2 aromatic rings. The third-order valence-corrected chi connectivity index (χ3v) is 4.64. The van der Waals surface area contributed by atoms with E-state index in [1.807, 2.05) is 6.07 Å². The van der Waals surface area contributed by atoms with Crippen LogP contribution in [-0.4, -0.2) is 11.0 Å². The normalized spacial score (nSPS) is 19.4. The van der Waals surface area contributed by atoms with Gasteiger partial charge >= 0.3 is 0 Å². The van der Waals surface area contributed by atoms with Gasteiger partial charge < -0.3 is 5.73 Å². The maximum absolute atomic E-state index is 6.43. The van der Waals surface area contributed by atoms with Crippen molar-refractivity contribution in [3.05, 3.63) is 64.4 Å². The molecule has 1 heterocycles. The van der Waals surface area contributed by atoms with Gasteiger partial charge in [-0.05, 0) is 54.4 Å². The lowest BCUT2D eigenvalue weighted by molar-refractivity contribution is 0.372. The van der Waals surface area contributed by atoms with Crippen LogP contribution in [-0.2, 0) is 19.3 Å². The molecule has 0 amide bonds. The largest absolute Gasteiger partial charge is 0.327 e. The highest BCUT2D eigenvalue weighted by Crippen LogP contribution is 2.28. The van der Waals surface area contributed by atoms with E-state index < -0.39 is 0 Å². The number of nitrogens with zero attached hydrogens (tertiary/aromatic N) is 1. The predicted octanol–water partition coefficient (Wildman–Crippen LogP) is 3.41. The van der Waals surface area contributed by atoms with Crippen molar-refractivity contribution in [1.82, 2.24) is 4.98 Å². The second-order valence-corrected chi connectivity index (χ2v) is 6.01. The van der Waals surface area contributed by atoms with Crippen molar-refractivity contribution in [3.8, 4) is 0 Å². The SMILES string of the molecule is NC(Cc1ccncc1Cl)C1CCc2ccccc2C1. The van der Waals surface area contributed by atoms with Crippen LogP contribution < -0.4 is 5.73 Å². The van der Waals surface area contributed by atoms with Gasteiger partial charge in [0.05, 0.1) is 5.02 Å². The molecule has 2 unspecified atom stereocenters. The fraction of sp³-hybridized carbons (Fsp3) is 0.353. The molecule has 0 spiro atoms. The Morgan fingerprint density at radius 2 is 2.05 bits per heavy atom. The van der Waals surface area contributed by atoms with Crippen molar-refractivity contribution < 1.29 is 0 Å². The number of halogens is 1. The third-order valence-electron chi connectivity index (χ3n) is 4.30. The highest BCUT2D eigenvalue weighted by molar-refractivity contribution is 6.31. The first-order chi connectivity index (χ1) is 9.74. The van der Waals surface area contributed by atoms with Crippen molar-refractivity contribution in [3.63, 3.8) is 0 Å². The molecule has 3 rings (SSSR count). The summed E-state index contributed by atoms with van der Waals surface area (Å²) in [6.07, 6.45) is 7.69. The van der Waals surface area contributed by atoms with E-state index in [1.165, 1.54) is 17.5 Å². The average molecular weight is 287 g/mol. The monoisotopic (exact) mass is 286 g/mol. The Bertz CT molecular complexity index is 597. The first-order valence-corrected chi connectivity index (χ1v) is 7.52. The molecule has 1 aliphatic carbocycles. The van der Waals surface area contributed by atoms with Crippen LogP contribution in [0.15, 0.2) is 42.7 Å². The van der Waals surface area contributed by atoms with Gasteiger partial charge in [-0.1, -0.05) is 35.9 Å². The minimum absolute atomic E-state index is 0.156. The summed E-state index contributed by atoms with van der Waals surface area (Å²) in [7, 11) is 0. The first-order valence-electron chi connectivity index (χ1n) is 7.15. The summed E-state index contributed by atoms with van der Waals surface area (Å²) in [5.74, 6) is 0.536. The molecule has 0 saturated heterocycles. The third kappa shape index (κ3) is 2.87. The van der Waals surface area contributed by atoms with Gasteiger partial charge in [0, 0.05) is 18.4 Å². The topological polar surface area (TPSA) is 38.9 Å². The minimum atomic E-state index is 0.156. The van der Waals surface area contributed by atoms with E-state index in [1.54, 1.807) is 12.4 Å². The molecule has 3 heteroatoms. The zero-order valence-electron chi connectivity index (χ0n) is 11.4. The molecule has 1 aliphatic rings. The van der Waals surface area contributed by atoms with Crippen molar-refractivity contribution in [2.75, 3.05) is 0 Å². The van der Waals surface area contributed by atoms with E-state index in [0.717, 1.165) is 29.8 Å². The molecule has 104 valence electrons. The van der Waals surface area contributed by atoms with Crippen molar-refractivity contribution in [2.45, 2.75) is 31.7 Å². The van der Waals surface area contributed by atoms with Crippen LogP contribution in [0.5, 0.6) is 0 Å². The number of aryl methyl sites for hydroxylation is 1. The lowest BCUT2D eigenvalue weighted by atomic mass is 9.79. The molecule has 2 nitrogen and oxygen atoms in total. The lowest BCUT2D eigenvalue weighted by Crippen LogP contribution is -2.36. The zero-order valence-corrected chi connectivity index (χ0v) is 12.2. The number of rotatable bonds is 3. The van der Waals surface area contributed by atoms with Crippen molar-refractivity contribution >= 4 is 11.6 Å². The van der Waals surface area contributed by atoms with Crippen LogP contribution in [0, 0.1) is 5.92 Å².